The predicted octanol–water partition coefficient (Wildman–Crippen LogP) is 2.46. The second-order valence-electron chi connectivity index (χ2n) is 5.90. The standard InChI is InChI=1S/C16H27N3O/c1-19(2)16(11-7-4-8-12-16)15(18-17)13-9-5-6-10-14(13)20-3/h5-6,9-10,15,18H,4,7-8,11-12,17H2,1-3H3. The van der Waals surface area contributed by atoms with Crippen LogP contribution >= 0.6 is 0 Å². The molecular formula is C16H27N3O. The number of methoxy groups -OCH3 is 1. The van der Waals surface area contributed by atoms with E-state index in [1.165, 1.54) is 19.3 Å². The lowest BCUT2D eigenvalue weighted by Crippen LogP contribution is -2.56. The first-order chi connectivity index (χ1) is 9.65. The number of rotatable bonds is 5. The van der Waals surface area contributed by atoms with E-state index in [2.05, 4.69) is 30.5 Å². The Morgan fingerprint density at radius 1 is 1.20 bits per heavy atom. The van der Waals surface area contributed by atoms with E-state index < -0.39 is 0 Å². The highest BCUT2D eigenvalue weighted by molar-refractivity contribution is 5.38. The normalized spacial score (nSPS) is 19.9. The van der Waals surface area contributed by atoms with Gasteiger partial charge in [-0.15, -0.1) is 0 Å². The molecular weight excluding hydrogens is 250 g/mol. The smallest absolute Gasteiger partial charge is 0.123 e. The maximum absolute atomic E-state index is 5.95. The van der Waals surface area contributed by atoms with Gasteiger partial charge in [0.15, 0.2) is 0 Å². The third-order valence-corrected chi connectivity index (χ3v) is 4.76. The van der Waals surface area contributed by atoms with Crippen molar-refractivity contribution in [2.24, 2.45) is 5.84 Å². The maximum atomic E-state index is 5.95. The van der Waals surface area contributed by atoms with Crippen LogP contribution in [0.4, 0.5) is 0 Å². The lowest BCUT2D eigenvalue weighted by atomic mass is 9.73. The zero-order chi connectivity index (χ0) is 14.6. The number of nitrogens with two attached hydrogens (primary N) is 1. The summed E-state index contributed by atoms with van der Waals surface area (Å²) in [5.41, 5.74) is 4.27. The molecule has 0 aliphatic heterocycles. The number of hydrogen-bond acceptors (Lipinski definition) is 4. The van der Waals surface area contributed by atoms with E-state index in [4.69, 9.17) is 10.6 Å². The van der Waals surface area contributed by atoms with Crippen LogP contribution in [0.15, 0.2) is 24.3 Å². The van der Waals surface area contributed by atoms with E-state index in [0.717, 1.165) is 24.2 Å². The highest BCUT2D eigenvalue weighted by atomic mass is 16.5. The molecule has 0 aromatic heterocycles. The van der Waals surface area contributed by atoms with E-state index in [0.29, 0.717) is 0 Å². The molecule has 20 heavy (non-hydrogen) atoms. The summed E-state index contributed by atoms with van der Waals surface area (Å²) in [7, 11) is 6.03. The van der Waals surface area contributed by atoms with Crippen LogP contribution < -0.4 is 16.0 Å². The Labute approximate surface area is 122 Å². The van der Waals surface area contributed by atoms with E-state index in [9.17, 15) is 0 Å². The molecule has 112 valence electrons. The van der Waals surface area contributed by atoms with Crippen LogP contribution in [-0.4, -0.2) is 31.6 Å². The minimum absolute atomic E-state index is 0.0572. The maximum Gasteiger partial charge on any atom is 0.123 e. The number of hydrogen-bond donors (Lipinski definition) is 2. The molecule has 0 saturated heterocycles. The molecule has 1 fully saturated rings. The molecule has 1 saturated carbocycles. The lowest BCUT2D eigenvalue weighted by Gasteiger charge is -2.48. The van der Waals surface area contributed by atoms with Gasteiger partial charge in [0.2, 0.25) is 0 Å². The number of hydrazine groups is 1. The van der Waals surface area contributed by atoms with Crippen LogP contribution in [0.25, 0.3) is 0 Å². The van der Waals surface area contributed by atoms with Crippen molar-refractivity contribution >= 4 is 0 Å². The fourth-order valence-corrected chi connectivity index (χ4v) is 3.60. The van der Waals surface area contributed by atoms with Crippen LogP contribution in [0.5, 0.6) is 5.75 Å². The first kappa shape index (κ1) is 15.3. The van der Waals surface area contributed by atoms with Crippen LogP contribution in [0.2, 0.25) is 0 Å². The van der Waals surface area contributed by atoms with Gasteiger partial charge in [0.1, 0.15) is 5.75 Å². The Kier molecular flexibility index (Phi) is 5.02. The molecule has 4 nitrogen and oxygen atoms in total. The number of nitrogens with zero attached hydrogens (tertiary/aromatic N) is 1. The van der Waals surface area contributed by atoms with Crippen molar-refractivity contribution in [3.05, 3.63) is 29.8 Å². The van der Waals surface area contributed by atoms with E-state index in [1.54, 1.807) is 7.11 Å². The zero-order valence-corrected chi connectivity index (χ0v) is 12.9. The van der Waals surface area contributed by atoms with E-state index in [1.807, 2.05) is 18.2 Å². The van der Waals surface area contributed by atoms with Gasteiger partial charge in [-0.1, -0.05) is 37.5 Å². The van der Waals surface area contributed by atoms with E-state index >= 15 is 0 Å². The summed E-state index contributed by atoms with van der Waals surface area (Å²) in [5, 5.41) is 0. The highest BCUT2D eigenvalue weighted by Crippen LogP contribution is 2.43. The minimum atomic E-state index is 0.0572. The second-order valence-corrected chi connectivity index (χ2v) is 5.90. The molecule has 1 aromatic carbocycles. The molecule has 1 atom stereocenters. The molecule has 0 amide bonds. The molecule has 3 N–H and O–H groups in total. The largest absolute Gasteiger partial charge is 0.496 e. The molecule has 2 rings (SSSR count). The quantitative estimate of drug-likeness (QED) is 0.641. The number of ether oxygens (including phenoxy) is 1. The first-order valence-electron chi connectivity index (χ1n) is 7.42. The number of para-hydroxylation sites is 1. The van der Waals surface area contributed by atoms with Gasteiger partial charge >= 0.3 is 0 Å². The van der Waals surface area contributed by atoms with Crippen LogP contribution in [-0.2, 0) is 0 Å². The summed E-state index contributed by atoms with van der Waals surface area (Å²) < 4.78 is 5.53. The van der Waals surface area contributed by atoms with Gasteiger partial charge < -0.3 is 9.64 Å². The summed E-state index contributed by atoms with van der Waals surface area (Å²) in [6.45, 7) is 0. The van der Waals surface area contributed by atoms with Crippen molar-refractivity contribution in [3.8, 4) is 5.75 Å². The molecule has 0 bridgehead atoms. The lowest BCUT2D eigenvalue weighted by molar-refractivity contribution is 0.0554. The van der Waals surface area contributed by atoms with Crippen molar-refractivity contribution in [1.29, 1.82) is 0 Å². The van der Waals surface area contributed by atoms with Crippen LogP contribution in [0, 0.1) is 0 Å². The Balaban J connectivity index is 2.43. The van der Waals surface area contributed by atoms with E-state index in [-0.39, 0.29) is 11.6 Å². The SMILES string of the molecule is COc1ccccc1C(NN)C1(N(C)C)CCCCC1. The molecule has 0 heterocycles. The van der Waals surface area contributed by atoms with Gasteiger partial charge in [0, 0.05) is 11.1 Å². The monoisotopic (exact) mass is 277 g/mol. The second kappa shape index (κ2) is 6.57. The molecule has 1 aliphatic carbocycles. The van der Waals surface area contributed by atoms with Gasteiger partial charge in [0.05, 0.1) is 13.2 Å². The van der Waals surface area contributed by atoms with Crippen molar-refractivity contribution in [2.45, 2.75) is 43.7 Å². The number of benzene rings is 1. The fraction of sp³-hybridized carbons (Fsp3) is 0.625. The van der Waals surface area contributed by atoms with Gasteiger partial charge in [-0.25, -0.2) is 0 Å². The molecule has 0 radical (unpaired) electrons. The van der Waals surface area contributed by atoms with Gasteiger partial charge in [-0.05, 0) is 33.0 Å². The third kappa shape index (κ3) is 2.68. The van der Waals surface area contributed by atoms with Crippen molar-refractivity contribution in [2.75, 3.05) is 21.2 Å². The Hall–Kier alpha value is -1.10. The molecule has 4 heteroatoms. The Morgan fingerprint density at radius 3 is 2.40 bits per heavy atom. The minimum Gasteiger partial charge on any atom is -0.496 e. The summed E-state index contributed by atoms with van der Waals surface area (Å²) in [4.78, 5) is 2.34. The zero-order valence-electron chi connectivity index (χ0n) is 12.9. The van der Waals surface area contributed by atoms with Crippen molar-refractivity contribution in [1.82, 2.24) is 10.3 Å². The summed E-state index contributed by atoms with van der Waals surface area (Å²) in [5.74, 6) is 6.85. The molecule has 1 aliphatic rings. The third-order valence-electron chi connectivity index (χ3n) is 4.76. The summed E-state index contributed by atoms with van der Waals surface area (Å²) >= 11 is 0. The average molecular weight is 277 g/mol. The van der Waals surface area contributed by atoms with Crippen LogP contribution in [0.1, 0.15) is 43.7 Å². The van der Waals surface area contributed by atoms with Crippen LogP contribution in [0.3, 0.4) is 0 Å². The Morgan fingerprint density at radius 2 is 1.85 bits per heavy atom. The van der Waals surface area contributed by atoms with Crippen molar-refractivity contribution < 1.29 is 4.74 Å². The first-order valence-corrected chi connectivity index (χ1v) is 7.42. The fourth-order valence-electron chi connectivity index (χ4n) is 3.60. The number of nitrogens with one attached hydrogen (secondary N) is 1. The average Bonchev–Trinajstić information content (AvgIpc) is 2.49. The predicted molar refractivity (Wildman–Crippen MR) is 82.6 cm³/mol. The van der Waals surface area contributed by atoms with Gasteiger partial charge in [-0.2, -0.15) is 0 Å². The van der Waals surface area contributed by atoms with Crippen molar-refractivity contribution in [3.63, 3.8) is 0 Å². The summed E-state index contributed by atoms with van der Waals surface area (Å²) in [6, 6.07) is 8.25. The topological polar surface area (TPSA) is 50.5 Å². The molecule has 1 aromatic rings. The molecule has 1 unspecified atom stereocenters. The summed E-state index contributed by atoms with van der Waals surface area (Å²) in [6.07, 6.45) is 6.15. The van der Waals surface area contributed by atoms with Gasteiger partial charge in [0.25, 0.3) is 0 Å². The number of likely N-dealkylation sites (N-methyl/N-ethyl adjacent to an activating group) is 1. The van der Waals surface area contributed by atoms with Gasteiger partial charge in [-0.3, -0.25) is 11.3 Å². The molecule has 0 spiro atoms. The Bertz CT molecular complexity index is 427. The highest BCUT2D eigenvalue weighted by Gasteiger charge is 2.43.